The summed E-state index contributed by atoms with van der Waals surface area (Å²) in [6.45, 7) is 2.15. The van der Waals surface area contributed by atoms with Crippen molar-refractivity contribution in [3.8, 4) is 0 Å². The fourth-order valence-electron chi connectivity index (χ4n) is 4.09. The molecule has 1 atom stereocenters. The van der Waals surface area contributed by atoms with Gasteiger partial charge in [0.2, 0.25) is 17.7 Å². The summed E-state index contributed by atoms with van der Waals surface area (Å²) in [5, 5.41) is 2.33. The van der Waals surface area contributed by atoms with Gasteiger partial charge in [-0.1, -0.05) is 12.1 Å². The molecule has 0 unspecified atom stereocenters. The highest BCUT2D eigenvalue weighted by molar-refractivity contribution is 6.04. The Kier molecular flexibility index (Phi) is 5.20. The van der Waals surface area contributed by atoms with Crippen LogP contribution in [0.15, 0.2) is 42.5 Å². The number of alkyl halides is 3. The minimum Gasteiger partial charge on any atom is -0.325 e. The van der Waals surface area contributed by atoms with Gasteiger partial charge in [0.05, 0.1) is 17.2 Å². The van der Waals surface area contributed by atoms with E-state index in [1.54, 1.807) is 17.0 Å². The van der Waals surface area contributed by atoms with Crippen LogP contribution in [-0.4, -0.2) is 30.8 Å². The molecule has 1 N–H and O–H groups in total. The maximum absolute atomic E-state index is 13.2. The number of hydrogen-bond donors (Lipinski definition) is 1. The molecule has 0 radical (unpaired) electrons. The summed E-state index contributed by atoms with van der Waals surface area (Å²) in [7, 11) is 0. The standard InChI is InChI=1S/C22H20F3N3O3/c1-13(29)27-9-8-14-10-16(6-7-19(14)27)28-12-15(11-20(28)30)21(31)26-18-5-3-2-4-17(18)22(23,24)25/h2-7,10,15H,8-9,11-12H2,1H3,(H,26,31)/t15-/m1/s1. The molecule has 1 fully saturated rings. The molecule has 2 aliphatic heterocycles. The van der Waals surface area contributed by atoms with Crippen LogP contribution in [0.1, 0.15) is 24.5 Å². The molecule has 2 aliphatic rings. The lowest BCUT2D eigenvalue weighted by Crippen LogP contribution is -2.29. The van der Waals surface area contributed by atoms with Crippen molar-refractivity contribution in [2.75, 3.05) is 28.2 Å². The highest BCUT2D eigenvalue weighted by atomic mass is 19.4. The fourth-order valence-corrected chi connectivity index (χ4v) is 4.09. The third-order valence-corrected chi connectivity index (χ3v) is 5.64. The lowest BCUT2D eigenvalue weighted by Gasteiger charge is -2.19. The Balaban J connectivity index is 1.49. The number of carbonyl (C=O) groups excluding carboxylic acids is 3. The summed E-state index contributed by atoms with van der Waals surface area (Å²) in [5.41, 5.74) is 1.10. The number of amides is 3. The average molecular weight is 431 g/mol. The van der Waals surface area contributed by atoms with Gasteiger partial charge in [-0.05, 0) is 42.3 Å². The molecule has 1 saturated heterocycles. The first-order chi connectivity index (χ1) is 14.6. The summed E-state index contributed by atoms with van der Waals surface area (Å²) in [5.74, 6) is -1.72. The Labute approximate surface area is 176 Å². The summed E-state index contributed by atoms with van der Waals surface area (Å²) in [6.07, 6.45) is -4.01. The molecule has 3 amide bonds. The highest BCUT2D eigenvalue weighted by Gasteiger charge is 2.38. The Morgan fingerprint density at radius 2 is 1.87 bits per heavy atom. The number of nitrogens with one attached hydrogen (secondary N) is 1. The summed E-state index contributed by atoms with van der Waals surface area (Å²) in [4.78, 5) is 40.0. The van der Waals surface area contributed by atoms with Gasteiger partial charge in [-0.3, -0.25) is 14.4 Å². The first-order valence-electron chi connectivity index (χ1n) is 9.83. The van der Waals surface area contributed by atoms with Gasteiger partial charge in [-0.2, -0.15) is 13.2 Å². The molecule has 6 nitrogen and oxygen atoms in total. The summed E-state index contributed by atoms with van der Waals surface area (Å²) < 4.78 is 39.5. The van der Waals surface area contributed by atoms with E-state index in [4.69, 9.17) is 0 Å². The maximum atomic E-state index is 13.2. The number of carbonyl (C=O) groups is 3. The van der Waals surface area contributed by atoms with Gasteiger partial charge in [-0.15, -0.1) is 0 Å². The van der Waals surface area contributed by atoms with E-state index in [2.05, 4.69) is 5.32 Å². The predicted octanol–water partition coefficient (Wildman–Crippen LogP) is 3.61. The van der Waals surface area contributed by atoms with Crippen LogP contribution < -0.4 is 15.1 Å². The van der Waals surface area contributed by atoms with E-state index in [9.17, 15) is 27.6 Å². The van der Waals surface area contributed by atoms with Gasteiger partial charge in [0.25, 0.3) is 0 Å². The van der Waals surface area contributed by atoms with Crippen molar-refractivity contribution in [1.29, 1.82) is 0 Å². The number of para-hydroxylation sites is 1. The van der Waals surface area contributed by atoms with Gasteiger partial charge in [0, 0.05) is 37.8 Å². The van der Waals surface area contributed by atoms with Crippen LogP contribution in [0.25, 0.3) is 0 Å². The van der Waals surface area contributed by atoms with E-state index >= 15 is 0 Å². The van der Waals surface area contributed by atoms with E-state index in [0.717, 1.165) is 17.3 Å². The minimum absolute atomic E-state index is 0.0559. The molecule has 2 heterocycles. The minimum atomic E-state index is -4.60. The van der Waals surface area contributed by atoms with Crippen LogP contribution in [0, 0.1) is 5.92 Å². The van der Waals surface area contributed by atoms with Gasteiger partial charge >= 0.3 is 6.18 Å². The number of rotatable bonds is 3. The molecule has 2 aromatic carbocycles. The zero-order valence-corrected chi connectivity index (χ0v) is 16.7. The molecule has 0 saturated carbocycles. The first kappa shape index (κ1) is 20.9. The van der Waals surface area contributed by atoms with Crippen molar-refractivity contribution in [2.24, 2.45) is 5.92 Å². The molecule has 0 aliphatic carbocycles. The molecule has 0 aromatic heterocycles. The normalized spacial score (nSPS) is 18.3. The third kappa shape index (κ3) is 3.99. The van der Waals surface area contributed by atoms with Crippen LogP contribution in [0.4, 0.5) is 30.2 Å². The molecule has 9 heteroatoms. The van der Waals surface area contributed by atoms with Gasteiger partial charge in [0.15, 0.2) is 0 Å². The largest absolute Gasteiger partial charge is 0.418 e. The number of anilines is 3. The number of halogens is 3. The van der Waals surface area contributed by atoms with Crippen LogP contribution in [0.5, 0.6) is 0 Å². The molecule has 162 valence electrons. The quantitative estimate of drug-likeness (QED) is 0.807. The molecule has 4 rings (SSSR count). The molecule has 0 bridgehead atoms. The van der Waals surface area contributed by atoms with Crippen molar-refractivity contribution in [2.45, 2.75) is 25.9 Å². The van der Waals surface area contributed by atoms with Crippen molar-refractivity contribution in [1.82, 2.24) is 0 Å². The van der Waals surface area contributed by atoms with Gasteiger partial charge in [0.1, 0.15) is 0 Å². The number of fused-ring (bicyclic) bond motifs is 1. The lowest BCUT2D eigenvalue weighted by atomic mass is 10.1. The Morgan fingerprint density at radius 3 is 2.58 bits per heavy atom. The summed E-state index contributed by atoms with van der Waals surface area (Å²) >= 11 is 0. The smallest absolute Gasteiger partial charge is 0.325 e. The van der Waals surface area contributed by atoms with Crippen molar-refractivity contribution in [3.05, 3.63) is 53.6 Å². The second-order valence-electron chi connectivity index (χ2n) is 7.67. The molecule has 0 spiro atoms. The van der Waals surface area contributed by atoms with Crippen LogP contribution >= 0.6 is 0 Å². The molecular formula is C22H20F3N3O3. The van der Waals surface area contributed by atoms with Crippen LogP contribution in [0.2, 0.25) is 0 Å². The third-order valence-electron chi connectivity index (χ3n) is 5.64. The first-order valence-corrected chi connectivity index (χ1v) is 9.83. The van der Waals surface area contributed by atoms with Crippen LogP contribution in [-0.2, 0) is 27.0 Å². The monoisotopic (exact) mass is 431 g/mol. The zero-order valence-electron chi connectivity index (χ0n) is 16.7. The zero-order chi connectivity index (χ0) is 22.3. The Morgan fingerprint density at radius 1 is 1.13 bits per heavy atom. The van der Waals surface area contributed by atoms with Crippen molar-refractivity contribution >= 4 is 34.8 Å². The molecule has 2 aromatic rings. The highest BCUT2D eigenvalue weighted by Crippen LogP contribution is 2.36. The molecule has 31 heavy (non-hydrogen) atoms. The second kappa shape index (κ2) is 7.72. The summed E-state index contributed by atoms with van der Waals surface area (Å²) in [6, 6.07) is 10.1. The molecular weight excluding hydrogens is 411 g/mol. The van der Waals surface area contributed by atoms with E-state index in [0.29, 0.717) is 18.7 Å². The Bertz CT molecular complexity index is 1070. The van der Waals surface area contributed by atoms with E-state index in [-0.39, 0.29) is 30.5 Å². The lowest BCUT2D eigenvalue weighted by molar-refractivity contribution is -0.137. The topological polar surface area (TPSA) is 69.7 Å². The SMILES string of the molecule is CC(=O)N1CCc2cc(N3C[C@H](C(=O)Nc4ccccc4C(F)(F)F)CC3=O)ccc21. The average Bonchev–Trinajstić information content (AvgIpc) is 3.30. The number of benzene rings is 2. The van der Waals surface area contributed by atoms with Crippen molar-refractivity contribution < 1.29 is 27.6 Å². The van der Waals surface area contributed by atoms with Gasteiger partial charge in [-0.25, -0.2) is 0 Å². The van der Waals surface area contributed by atoms with Gasteiger partial charge < -0.3 is 15.1 Å². The maximum Gasteiger partial charge on any atom is 0.418 e. The predicted molar refractivity (Wildman–Crippen MR) is 109 cm³/mol. The Hall–Kier alpha value is -3.36. The second-order valence-corrected chi connectivity index (χ2v) is 7.67. The van der Waals surface area contributed by atoms with E-state index in [1.165, 1.54) is 30.0 Å². The van der Waals surface area contributed by atoms with Crippen molar-refractivity contribution in [3.63, 3.8) is 0 Å². The van der Waals surface area contributed by atoms with E-state index in [1.807, 2.05) is 6.07 Å². The number of nitrogens with zero attached hydrogens (tertiary/aromatic N) is 2. The van der Waals surface area contributed by atoms with Crippen LogP contribution in [0.3, 0.4) is 0 Å². The number of hydrogen-bond acceptors (Lipinski definition) is 3. The fraction of sp³-hybridized carbons (Fsp3) is 0.318. The van der Waals surface area contributed by atoms with E-state index < -0.39 is 23.6 Å².